The highest BCUT2D eigenvalue weighted by Gasteiger charge is 2.37. The Balaban J connectivity index is 2.95. The molecule has 0 bridgehead atoms. The fourth-order valence-electron chi connectivity index (χ4n) is 2.13. The molecule has 1 aromatic carbocycles. The molecule has 0 aliphatic rings. The largest absolute Gasteiger partial charge is 0.478 e. The lowest BCUT2D eigenvalue weighted by Gasteiger charge is -2.30. The van der Waals surface area contributed by atoms with E-state index < -0.39 is 31.8 Å². The third kappa shape index (κ3) is 8.57. The fourth-order valence-corrected chi connectivity index (χ4v) is 3.79. The van der Waals surface area contributed by atoms with E-state index in [2.05, 4.69) is 6.58 Å². The maximum absolute atomic E-state index is 13.0. The highest BCUT2D eigenvalue weighted by molar-refractivity contribution is 7.48. The van der Waals surface area contributed by atoms with Crippen LogP contribution in [-0.4, -0.2) is 30.6 Å². The van der Waals surface area contributed by atoms with Crippen LogP contribution in [0.4, 0.5) is 0 Å². The molecular weight excluding hydrogens is 383 g/mol. The summed E-state index contributed by atoms with van der Waals surface area (Å²) >= 11 is 0. The minimum atomic E-state index is -3.92. The van der Waals surface area contributed by atoms with Gasteiger partial charge in [0.2, 0.25) is 0 Å². The van der Waals surface area contributed by atoms with Crippen molar-refractivity contribution in [1.82, 2.24) is 0 Å². The summed E-state index contributed by atoms with van der Waals surface area (Å²) in [5, 5.41) is 0. The molecule has 7 nitrogen and oxygen atoms in total. The molecule has 0 unspecified atom stereocenters. The lowest BCUT2D eigenvalue weighted by atomic mass is 10.1. The number of phosphoric acid groups is 1. The van der Waals surface area contributed by atoms with Gasteiger partial charge in [-0.1, -0.05) is 24.8 Å². The van der Waals surface area contributed by atoms with Crippen molar-refractivity contribution in [2.75, 3.05) is 13.4 Å². The molecule has 158 valence electrons. The molecule has 1 rings (SSSR count). The van der Waals surface area contributed by atoms with Crippen molar-refractivity contribution < 1.29 is 32.4 Å². The predicted molar refractivity (Wildman–Crippen MR) is 108 cm³/mol. The predicted octanol–water partition coefficient (Wildman–Crippen LogP) is 5.43. The zero-order chi connectivity index (χ0) is 21.6. The Morgan fingerprint density at radius 3 is 2.18 bits per heavy atom. The van der Waals surface area contributed by atoms with E-state index in [0.717, 1.165) is 0 Å². The number of benzene rings is 1. The zero-order valence-electron chi connectivity index (χ0n) is 17.7. The second-order valence-corrected chi connectivity index (χ2v) is 9.60. The fraction of sp³-hybridized carbons (Fsp3) is 0.550. The standard InChI is InChI=1S/C20H31O7P/c1-9-13-23-18(21)17-15(2)11-10-12-16(17)24-14-25-28(22,26-19(3,4)5)27-20(6,7)8/h9-12H,1,13-14H2,2-8H3. The van der Waals surface area contributed by atoms with Crippen LogP contribution in [0.2, 0.25) is 0 Å². The second kappa shape index (κ2) is 9.70. The summed E-state index contributed by atoms with van der Waals surface area (Å²) in [7, 11) is -3.92. The maximum Gasteiger partial charge on any atom is 0.478 e. The average Bonchev–Trinajstić information content (AvgIpc) is 2.48. The Kier molecular flexibility index (Phi) is 8.45. The zero-order valence-corrected chi connectivity index (χ0v) is 18.6. The summed E-state index contributed by atoms with van der Waals surface area (Å²) < 4.78 is 40.1. The normalized spacial score (nSPS) is 12.5. The third-order valence-electron chi connectivity index (χ3n) is 2.97. The Bertz CT molecular complexity index is 709. The van der Waals surface area contributed by atoms with E-state index in [0.29, 0.717) is 5.56 Å². The van der Waals surface area contributed by atoms with Crippen LogP contribution in [0.1, 0.15) is 57.5 Å². The van der Waals surface area contributed by atoms with Crippen molar-refractivity contribution >= 4 is 13.8 Å². The SMILES string of the molecule is C=CCOC(=O)c1c(C)cccc1OCOP(=O)(OC(C)(C)C)OC(C)(C)C. The molecule has 0 spiro atoms. The van der Waals surface area contributed by atoms with E-state index in [4.69, 9.17) is 23.0 Å². The van der Waals surface area contributed by atoms with E-state index in [9.17, 15) is 9.36 Å². The van der Waals surface area contributed by atoms with Crippen molar-refractivity contribution in [3.63, 3.8) is 0 Å². The van der Waals surface area contributed by atoms with Crippen LogP contribution >= 0.6 is 7.82 Å². The van der Waals surface area contributed by atoms with Gasteiger partial charge >= 0.3 is 13.8 Å². The van der Waals surface area contributed by atoms with Gasteiger partial charge in [0, 0.05) is 0 Å². The number of rotatable bonds is 9. The molecule has 0 aliphatic heterocycles. The molecule has 28 heavy (non-hydrogen) atoms. The number of hydrogen-bond acceptors (Lipinski definition) is 7. The molecule has 0 aliphatic carbocycles. The first-order valence-corrected chi connectivity index (χ1v) is 10.4. The van der Waals surface area contributed by atoms with Gasteiger partial charge in [0.05, 0.1) is 11.2 Å². The molecule has 0 fully saturated rings. The van der Waals surface area contributed by atoms with E-state index in [1.807, 2.05) is 0 Å². The Morgan fingerprint density at radius 1 is 1.11 bits per heavy atom. The lowest BCUT2D eigenvalue weighted by Crippen LogP contribution is -2.25. The summed E-state index contributed by atoms with van der Waals surface area (Å²) in [6.45, 7) is 15.4. The first kappa shape index (κ1) is 24.4. The minimum Gasteiger partial charge on any atom is -0.466 e. The Morgan fingerprint density at radius 2 is 1.68 bits per heavy atom. The number of ether oxygens (including phenoxy) is 2. The van der Waals surface area contributed by atoms with Gasteiger partial charge in [-0.25, -0.2) is 13.9 Å². The van der Waals surface area contributed by atoms with Crippen LogP contribution < -0.4 is 4.74 Å². The summed E-state index contributed by atoms with van der Waals surface area (Å²) in [4.78, 5) is 12.3. The molecule has 0 radical (unpaired) electrons. The highest BCUT2D eigenvalue weighted by atomic mass is 31.2. The molecule has 0 saturated heterocycles. The average molecular weight is 414 g/mol. The summed E-state index contributed by atoms with van der Waals surface area (Å²) in [6, 6.07) is 5.08. The van der Waals surface area contributed by atoms with Crippen LogP contribution in [-0.2, 0) is 22.9 Å². The molecule has 0 N–H and O–H groups in total. The molecule has 0 atom stereocenters. The monoisotopic (exact) mass is 414 g/mol. The maximum atomic E-state index is 13.0. The topological polar surface area (TPSA) is 80.3 Å². The van der Waals surface area contributed by atoms with Crippen LogP contribution in [0.3, 0.4) is 0 Å². The lowest BCUT2D eigenvalue weighted by molar-refractivity contribution is -0.0190. The molecule has 0 aromatic heterocycles. The van der Waals surface area contributed by atoms with Crippen molar-refractivity contribution in [2.24, 2.45) is 0 Å². The van der Waals surface area contributed by atoms with Crippen molar-refractivity contribution in [1.29, 1.82) is 0 Å². The van der Waals surface area contributed by atoms with E-state index >= 15 is 0 Å². The van der Waals surface area contributed by atoms with Gasteiger partial charge in [-0.3, -0.25) is 9.05 Å². The Labute approximate surface area is 167 Å². The van der Waals surface area contributed by atoms with Crippen LogP contribution in [0.15, 0.2) is 30.9 Å². The van der Waals surface area contributed by atoms with Gasteiger partial charge in [0.15, 0.2) is 6.79 Å². The van der Waals surface area contributed by atoms with Crippen molar-refractivity contribution in [2.45, 2.75) is 59.7 Å². The van der Waals surface area contributed by atoms with Gasteiger partial charge in [-0.15, -0.1) is 0 Å². The van der Waals surface area contributed by atoms with Crippen molar-refractivity contribution in [3.8, 4) is 5.75 Å². The molecule has 0 amide bonds. The van der Waals surface area contributed by atoms with Gasteiger partial charge in [0.25, 0.3) is 0 Å². The van der Waals surface area contributed by atoms with Gasteiger partial charge < -0.3 is 9.47 Å². The van der Waals surface area contributed by atoms with Crippen molar-refractivity contribution in [3.05, 3.63) is 42.0 Å². The smallest absolute Gasteiger partial charge is 0.466 e. The second-order valence-electron chi connectivity index (χ2n) is 8.08. The van der Waals surface area contributed by atoms with Gasteiger partial charge in [-0.2, -0.15) is 0 Å². The molecule has 0 saturated carbocycles. The molecular formula is C20H31O7P. The van der Waals surface area contributed by atoms with E-state index in [1.54, 1.807) is 66.7 Å². The minimum absolute atomic E-state index is 0.0805. The van der Waals surface area contributed by atoms with E-state index in [-0.39, 0.29) is 17.9 Å². The number of carbonyl (C=O) groups is 1. The first-order valence-electron chi connectivity index (χ1n) is 8.93. The van der Waals surface area contributed by atoms with E-state index in [1.165, 1.54) is 6.08 Å². The molecule has 0 heterocycles. The number of esters is 1. The van der Waals surface area contributed by atoms with Gasteiger partial charge in [0.1, 0.15) is 17.9 Å². The summed E-state index contributed by atoms with van der Waals surface area (Å²) in [5.41, 5.74) is -0.587. The molecule has 1 aromatic rings. The van der Waals surface area contributed by atoms with Crippen LogP contribution in [0.25, 0.3) is 0 Å². The quantitative estimate of drug-likeness (QED) is 0.231. The highest BCUT2D eigenvalue weighted by Crippen LogP contribution is 2.55. The Hall–Kier alpha value is -1.66. The number of phosphoric ester groups is 1. The number of aryl methyl sites for hydroxylation is 1. The number of hydrogen-bond donors (Lipinski definition) is 0. The summed E-state index contributed by atoms with van der Waals surface area (Å²) in [5.74, 6) is -0.305. The van der Waals surface area contributed by atoms with Gasteiger partial charge in [-0.05, 0) is 60.1 Å². The third-order valence-corrected chi connectivity index (χ3v) is 4.93. The molecule has 8 heteroatoms. The van der Waals surface area contributed by atoms with Crippen LogP contribution in [0.5, 0.6) is 5.75 Å². The van der Waals surface area contributed by atoms with Crippen LogP contribution in [0, 0.1) is 6.92 Å². The first-order chi connectivity index (χ1) is 12.8. The summed E-state index contributed by atoms with van der Waals surface area (Å²) in [6.07, 6.45) is 1.48. The number of carbonyl (C=O) groups excluding carboxylic acids is 1.